The average molecular weight is 314 g/mol. The number of aromatic nitrogens is 2. The van der Waals surface area contributed by atoms with Crippen LogP contribution in [0.2, 0.25) is 0 Å². The number of hydrogen-bond acceptors (Lipinski definition) is 3. The van der Waals surface area contributed by atoms with Gasteiger partial charge in [0.1, 0.15) is 5.82 Å². The van der Waals surface area contributed by atoms with Crippen LogP contribution in [0.4, 0.5) is 0 Å². The van der Waals surface area contributed by atoms with Crippen LogP contribution in [0.3, 0.4) is 0 Å². The molecule has 3 rings (SSSR count). The van der Waals surface area contributed by atoms with Crippen LogP contribution in [-0.4, -0.2) is 27.4 Å². The summed E-state index contributed by atoms with van der Waals surface area (Å²) in [6.07, 6.45) is 6.63. The lowest BCUT2D eigenvalue weighted by atomic mass is 9.89. The van der Waals surface area contributed by atoms with Crippen molar-refractivity contribution in [1.82, 2.24) is 9.55 Å². The number of aliphatic hydroxyl groups excluding tert-OH is 1. The Hall–Kier alpha value is -1.65. The summed E-state index contributed by atoms with van der Waals surface area (Å²) in [5.74, 6) is 1.36. The first-order valence-corrected chi connectivity index (χ1v) is 8.53. The Morgan fingerprint density at radius 1 is 1.35 bits per heavy atom. The van der Waals surface area contributed by atoms with E-state index in [4.69, 9.17) is 4.74 Å². The first-order valence-electron chi connectivity index (χ1n) is 8.53. The Morgan fingerprint density at radius 2 is 2.17 bits per heavy atom. The minimum Gasteiger partial charge on any atom is -0.389 e. The van der Waals surface area contributed by atoms with Crippen molar-refractivity contribution in [3.05, 3.63) is 53.6 Å². The third-order valence-electron chi connectivity index (χ3n) is 4.48. The maximum Gasteiger partial charge on any atom is 0.111 e. The van der Waals surface area contributed by atoms with Gasteiger partial charge in [0.25, 0.3) is 0 Å². The number of nitrogens with zero attached hydrogens (tertiary/aromatic N) is 2. The van der Waals surface area contributed by atoms with Gasteiger partial charge < -0.3 is 14.4 Å². The van der Waals surface area contributed by atoms with E-state index < -0.39 is 6.10 Å². The summed E-state index contributed by atoms with van der Waals surface area (Å²) >= 11 is 0. The van der Waals surface area contributed by atoms with Gasteiger partial charge in [-0.1, -0.05) is 38.1 Å². The van der Waals surface area contributed by atoms with Crippen molar-refractivity contribution in [2.75, 3.05) is 6.61 Å². The molecule has 0 fully saturated rings. The third kappa shape index (κ3) is 3.82. The molecule has 0 saturated heterocycles. The molecular formula is C19H26N2O2. The molecule has 2 atom stereocenters. The van der Waals surface area contributed by atoms with E-state index >= 15 is 0 Å². The predicted molar refractivity (Wildman–Crippen MR) is 90.4 cm³/mol. The molecule has 124 valence electrons. The summed E-state index contributed by atoms with van der Waals surface area (Å²) in [4.78, 5) is 4.36. The second-order valence-corrected chi connectivity index (χ2v) is 6.66. The second-order valence-electron chi connectivity index (χ2n) is 6.66. The maximum absolute atomic E-state index is 10.3. The first kappa shape index (κ1) is 16.2. The molecule has 2 unspecified atom stereocenters. The number of ether oxygens (including phenoxy) is 1. The maximum atomic E-state index is 10.3. The van der Waals surface area contributed by atoms with Crippen molar-refractivity contribution in [3.8, 4) is 0 Å². The number of imidazole rings is 1. The molecule has 0 amide bonds. The molecule has 1 N–H and O–H groups in total. The van der Waals surface area contributed by atoms with Crippen LogP contribution in [0.25, 0.3) is 0 Å². The van der Waals surface area contributed by atoms with Gasteiger partial charge in [-0.15, -0.1) is 0 Å². The molecule has 1 aromatic heterocycles. The molecular weight excluding hydrogens is 288 g/mol. The van der Waals surface area contributed by atoms with E-state index in [1.54, 1.807) is 6.20 Å². The number of aliphatic hydroxyl groups is 1. The number of hydrogen-bond donors (Lipinski definition) is 1. The molecule has 1 heterocycles. The summed E-state index contributed by atoms with van der Waals surface area (Å²) in [5, 5.41) is 10.3. The normalized spacial score (nSPS) is 18.9. The van der Waals surface area contributed by atoms with E-state index in [0.29, 0.717) is 19.1 Å². The van der Waals surface area contributed by atoms with Gasteiger partial charge in [-0.2, -0.15) is 0 Å². The summed E-state index contributed by atoms with van der Waals surface area (Å²) in [7, 11) is 0. The van der Waals surface area contributed by atoms with E-state index in [0.717, 1.165) is 25.1 Å². The fourth-order valence-corrected chi connectivity index (χ4v) is 3.37. The number of benzene rings is 1. The molecule has 0 saturated carbocycles. The van der Waals surface area contributed by atoms with Crippen LogP contribution < -0.4 is 0 Å². The van der Waals surface area contributed by atoms with Gasteiger partial charge in [0, 0.05) is 18.3 Å². The number of fused-ring (bicyclic) bond motifs is 1. The molecule has 0 spiro atoms. The van der Waals surface area contributed by atoms with E-state index in [1.807, 2.05) is 10.8 Å². The third-order valence-corrected chi connectivity index (χ3v) is 4.48. The van der Waals surface area contributed by atoms with Crippen LogP contribution >= 0.6 is 0 Å². The van der Waals surface area contributed by atoms with Gasteiger partial charge in [-0.3, -0.25) is 0 Å². The summed E-state index contributed by atoms with van der Waals surface area (Å²) in [5.41, 5.74) is 2.67. The van der Waals surface area contributed by atoms with Crippen LogP contribution in [0.1, 0.15) is 55.7 Å². The zero-order chi connectivity index (χ0) is 16.2. The Balaban J connectivity index is 1.57. The first-order chi connectivity index (χ1) is 11.1. The lowest BCUT2D eigenvalue weighted by molar-refractivity contribution is -0.0228. The van der Waals surface area contributed by atoms with Gasteiger partial charge in [-0.25, -0.2) is 4.98 Å². The van der Waals surface area contributed by atoms with Crippen LogP contribution in [-0.2, 0) is 17.7 Å². The fraction of sp³-hybridized carbons (Fsp3) is 0.526. The van der Waals surface area contributed by atoms with Gasteiger partial charge in [0.15, 0.2) is 0 Å². The smallest absolute Gasteiger partial charge is 0.111 e. The molecule has 0 aliphatic heterocycles. The lowest BCUT2D eigenvalue weighted by Crippen LogP contribution is -2.25. The molecule has 4 heteroatoms. The van der Waals surface area contributed by atoms with Crippen molar-refractivity contribution in [3.63, 3.8) is 0 Å². The summed E-state index contributed by atoms with van der Waals surface area (Å²) in [6.45, 7) is 5.11. The number of aryl methyl sites for hydroxylation is 1. The van der Waals surface area contributed by atoms with E-state index in [9.17, 15) is 5.11 Å². The Labute approximate surface area is 138 Å². The van der Waals surface area contributed by atoms with Crippen LogP contribution in [0.15, 0.2) is 36.7 Å². The van der Waals surface area contributed by atoms with Crippen LogP contribution in [0, 0.1) is 0 Å². The fourth-order valence-electron chi connectivity index (χ4n) is 3.37. The highest BCUT2D eigenvalue weighted by Gasteiger charge is 2.21. The summed E-state index contributed by atoms with van der Waals surface area (Å²) in [6, 6.07) is 8.49. The van der Waals surface area contributed by atoms with Crippen LogP contribution in [0.5, 0.6) is 0 Å². The van der Waals surface area contributed by atoms with Gasteiger partial charge in [0.05, 0.1) is 25.4 Å². The zero-order valence-electron chi connectivity index (χ0n) is 14.0. The summed E-state index contributed by atoms with van der Waals surface area (Å²) < 4.78 is 8.06. The van der Waals surface area contributed by atoms with Gasteiger partial charge in [0.2, 0.25) is 0 Å². The minimum absolute atomic E-state index is 0.113. The molecule has 1 aliphatic rings. The van der Waals surface area contributed by atoms with Crippen molar-refractivity contribution < 1.29 is 9.84 Å². The Morgan fingerprint density at radius 3 is 3.00 bits per heavy atom. The Bertz CT molecular complexity index is 636. The SMILES string of the molecule is CC(C)c1nccn1CC(O)COC1CCCc2ccccc21. The predicted octanol–water partition coefficient (Wildman–Crippen LogP) is 3.46. The van der Waals surface area contributed by atoms with Crippen molar-refractivity contribution in [2.45, 2.75) is 57.8 Å². The zero-order valence-corrected chi connectivity index (χ0v) is 14.0. The molecule has 0 bridgehead atoms. The second kappa shape index (κ2) is 7.28. The van der Waals surface area contributed by atoms with Crippen molar-refractivity contribution in [2.24, 2.45) is 0 Å². The molecule has 0 radical (unpaired) electrons. The van der Waals surface area contributed by atoms with E-state index in [1.165, 1.54) is 11.1 Å². The van der Waals surface area contributed by atoms with E-state index in [-0.39, 0.29) is 6.10 Å². The molecule has 4 nitrogen and oxygen atoms in total. The highest BCUT2D eigenvalue weighted by atomic mass is 16.5. The highest BCUT2D eigenvalue weighted by Crippen LogP contribution is 2.32. The molecule has 1 aromatic carbocycles. The van der Waals surface area contributed by atoms with Crippen molar-refractivity contribution in [1.29, 1.82) is 0 Å². The molecule has 2 aromatic rings. The van der Waals surface area contributed by atoms with Gasteiger partial charge >= 0.3 is 0 Å². The number of rotatable bonds is 6. The average Bonchev–Trinajstić information content (AvgIpc) is 3.01. The minimum atomic E-state index is -0.518. The molecule has 23 heavy (non-hydrogen) atoms. The highest BCUT2D eigenvalue weighted by molar-refractivity contribution is 5.31. The Kier molecular flexibility index (Phi) is 5.13. The van der Waals surface area contributed by atoms with E-state index in [2.05, 4.69) is 43.1 Å². The largest absolute Gasteiger partial charge is 0.389 e. The topological polar surface area (TPSA) is 47.3 Å². The molecule has 1 aliphatic carbocycles. The van der Waals surface area contributed by atoms with Crippen molar-refractivity contribution >= 4 is 0 Å². The monoisotopic (exact) mass is 314 g/mol. The lowest BCUT2D eigenvalue weighted by Gasteiger charge is -2.26. The van der Waals surface area contributed by atoms with Gasteiger partial charge in [-0.05, 0) is 30.4 Å². The quantitative estimate of drug-likeness (QED) is 0.888. The standard InChI is InChI=1S/C19H26N2O2/c1-14(2)19-20-10-11-21(19)12-16(22)13-23-18-9-5-7-15-6-3-4-8-17(15)18/h3-4,6,8,10-11,14,16,18,22H,5,7,9,12-13H2,1-2H3.